The summed E-state index contributed by atoms with van der Waals surface area (Å²) in [6, 6.07) is 32.4. The summed E-state index contributed by atoms with van der Waals surface area (Å²) >= 11 is 0. The van der Waals surface area contributed by atoms with Gasteiger partial charge in [0.25, 0.3) is 0 Å². The average Bonchev–Trinajstić information content (AvgIpc) is 3.40. The SMILES string of the molecule is C=C(CCOP(OCCC(=C)OOCC)c1ccc(-c2ccc(P(OCCCC(=O)OCC)OCCCC(=O)OCC)cc2)cc1)OOCC.COP(OC)c1ccc(-c2ccc(P(OC)OC)cc2)cc1. The number of ether oxygens (including phenoxy) is 2. The highest BCUT2D eigenvalue weighted by atomic mass is 31.2. The van der Waals surface area contributed by atoms with Crippen molar-refractivity contribution in [3.8, 4) is 22.3 Å². The van der Waals surface area contributed by atoms with Crippen molar-refractivity contribution < 1.29 is 74.8 Å². The first-order chi connectivity index (χ1) is 35.0. The van der Waals surface area contributed by atoms with Gasteiger partial charge in [0, 0.05) is 75.3 Å². The smallest absolute Gasteiger partial charge is 0.305 e. The lowest BCUT2D eigenvalue weighted by Crippen LogP contribution is -2.10. The third-order valence-electron chi connectivity index (χ3n) is 9.49. The quantitative estimate of drug-likeness (QED) is 0.0105. The third-order valence-corrected chi connectivity index (χ3v) is 15.4. The summed E-state index contributed by atoms with van der Waals surface area (Å²) in [5.41, 5.74) is 4.30. The molecule has 16 nitrogen and oxygen atoms in total. The van der Waals surface area contributed by atoms with Gasteiger partial charge in [-0.25, -0.2) is 0 Å². The van der Waals surface area contributed by atoms with Crippen molar-refractivity contribution >= 4 is 66.7 Å². The van der Waals surface area contributed by atoms with Crippen LogP contribution in [0.3, 0.4) is 0 Å². The number of benzene rings is 4. The van der Waals surface area contributed by atoms with Gasteiger partial charge in [0.2, 0.25) is 33.5 Å². The predicted molar refractivity (Wildman–Crippen MR) is 286 cm³/mol. The standard InChI is InChI=1S/C36H52O12P2.C16H20O4P2/c1-7-39-35(37)13-11-25-43-49(44-26-12-14-36(38)40-8-2)33-19-15-31(16-20-33)32-17-21-34(22-18-32)50(45-27-23-29(5)47-41-9-3)46-28-24-30(6)48-42-10-4;1-17-21(18-2)15-9-5-13(6-10-15)14-7-11-16(12-8-14)22(19-3)20-4/h15-22H,5-14,23-28H2,1-4H3;5-12H,1-4H3. The molecule has 20 heteroatoms. The molecule has 4 aromatic rings. The van der Waals surface area contributed by atoms with Crippen LogP contribution < -0.4 is 21.2 Å². The number of esters is 2. The van der Waals surface area contributed by atoms with Gasteiger partial charge in [-0.15, -0.1) is 0 Å². The summed E-state index contributed by atoms with van der Waals surface area (Å²) in [6.07, 6.45) is 2.44. The normalized spacial score (nSPS) is 11.2. The molecule has 0 heterocycles. The van der Waals surface area contributed by atoms with Gasteiger partial charge in [0.05, 0.1) is 52.9 Å². The van der Waals surface area contributed by atoms with Crippen molar-refractivity contribution in [2.24, 2.45) is 0 Å². The van der Waals surface area contributed by atoms with E-state index < -0.39 is 33.5 Å². The zero-order valence-electron chi connectivity index (χ0n) is 42.9. The van der Waals surface area contributed by atoms with E-state index in [0.717, 1.165) is 43.5 Å². The summed E-state index contributed by atoms with van der Waals surface area (Å²) in [5, 5.41) is 3.89. The number of hydrogen-bond donors (Lipinski definition) is 0. The zero-order valence-corrected chi connectivity index (χ0v) is 46.4. The topological polar surface area (TPSA) is 163 Å². The highest BCUT2D eigenvalue weighted by Crippen LogP contribution is 2.41. The molecule has 0 unspecified atom stereocenters. The van der Waals surface area contributed by atoms with Gasteiger partial charge in [0.1, 0.15) is 11.5 Å². The first kappa shape index (κ1) is 62.5. The average molecular weight is 1080 g/mol. The number of hydrogen-bond acceptors (Lipinski definition) is 16. The van der Waals surface area contributed by atoms with Gasteiger partial charge in [0.15, 0.2) is 0 Å². The predicted octanol–water partition coefficient (Wildman–Crippen LogP) is 11.5. The fourth-order valence-electron chi connectivity index (χ4n) is 6.09. The van der Waals surface area contributed by atoms with E-state index in [0.29, 0.717) is 90.1 Å². The van der Waals surface area contributed by atoms with E-state index in [9.17, 15) is 9.59 Å². The molecule has 0 aromatic heterocycles. The van der Waals surface area contributed by atoms with Crippen molar-refractivity contribution in [1.82, 2.24) is 0 Å². The molecule has 0 N–H and O–H groups in total. The molecule has 0 spiro atoms. The first-order valence-corrected chi connectivity index (χ1v) is 28.3. The molecule has 4 aromatic carbocycles. The molecule has 0 atom stereocenters. The summed E-state index contributed by atoms with van der Waals surface area (Å²) < 4.78 is 55.7. The molecular weight excluding hydrogens is 1000 g/mol. The highest BCUT2D eigenvalue weighted by Gasteiger charge is 2.19. The summed E-state index contributed by atoms with van der Waals surface area (Å²) in [7, 11) is 1.80. The molecule has 0 fully saturated rings. The molecule has 0 bridgehead atoms. The minimum atomic E-state index is -1.44. The lowest BCUT2D eigenvalue weighted by Gasteiger charge is -2.19. The largest absolute Gasteiger partial charge is 0.466 e. The minimum Gasteiger partial charge on any atom is -0.466 e. The highest BCUT2D eigenvalue weighted by molar-refractivity contribution is 7.56. The van der Waals surface area contributed by atoms with Crippen molar-refractivity contribution in [2.45, 2.75) is 66.2 Å². The Kier molecular flexibility index (Phi) is 32.9. The van der Waals surface area contributed by atoms with Crippen LogP contribution in [0.2, 0.25) is 0 Å². The molecule has 4 rings (SSSR count). The Hall–Kier alpha value is -3.78. The van der Waals surface area contributed by atoms with Gasteiger partial charge >= 0.3 is 11.9 Å². The van der Waals surface area contributed by atoms with Crippen molar-refractivity contribution in [2.75, 3.05) is 81.3 Å². The number of rotatable bonds is 36. The second kappa shape index (κ2) is 37.9. The molecule has 396 valence electrons. The zero-order chi connectivity index (χ0) is 52.4. The fraction of sp³-hybridized carbons (Fsp3) is 0.423. The summed E-state index contributed by atoms with van der Waals surface area (Å²) in [6.45, 7) is 17.8. The van der Waals surface area contributed by atoms with Crippen LogP contribution in [0.25, 0.3) is 22.3 Å². The van der Waals surface area contributed by atoms with Crippen LogP contribution in [0.5, 0.6) is 0 Å². The van der Waals surface area contributed by atoms with E-state index in [1.165, 1.54) is 0 Å². The van der Waals surface area contributed by atoms with Gasteiger partial charge < -0.3 is 55.4 Å². The Morgan fingerprint density at radius 2 is 0.667 bits per heavy atom. The van der Waals surface area contributed by atoms with E-state index in [-0.39, 0.29) is 24.8 Å². The van der Waals surface area contributed by atoms with Gasteiger partial charge in [-0.3, -0.25) is 9.59 Å². The molecule has 0 aliphatic heterocycles. The maximum Gasteiger partial charge on any atom is 0.305 e. The fourth-order valence-corrected chi connectivity index (χ4v) is 10.7. The van der Waals surface area contributed by atoms with Gasteiger partial charge in [-0.1, -0.05) is 61.7 Å². The molecule has 0 saturated heterocycles. The minimum absolute atomic E-state index is 0.257. The lowest BCUT2D eigenvalue weighted by atomic mass is 10.1. The molecule has 0 radical (unpaired) electrons. The van der Waals surface area contributed by atoms with E-state index in [2.05, 4.69) is 37.4 Å². The summed E-state index contributed by atoms with van der Waals surface area (Å²) in [5.74, 6) is 0.416. The Morgan fingerprint density at radius 3 is 0.931 bits per heavy atom. The Labute approximate surface area is 431 Å². The maximum atomic E-state index is 11.7. The number of carbonyl (C=O) groups is 2. The molecule has 0 aliphatic carbocycles. The van der Waals surface area contributed by atoms with Crippen LogP contribution in [-0.2, 0) is 74.8 Å². The number of carbonyl (C=O) groups excluding carboxylic acids is 2. The Bertz CT molecular complexity index is 2000. The lowest BCUT2D eigenvalue weighted by molar-refractivity contribution is -0.260. The van der Waals surface area contributed by atoms with Crippen LogP contribution in [0.15, 0.2) is 122 Å². The van der Waals surface area contributed by atoms with Crippen LogP contribution in [0, 0.1) is 0 Å². The van der Waals surface area contributed by atoms with E-state index in [1.807, 2.05) is 86.6 Å². The molecule has 0 amide bonds. The Balaban J connectivity index is 0.000000514. The van der Waals surface area contributed by atoms with E-state index in [4.69, 9.17) is 65.2 Å². The summed E-state index contributed by atoms with van der Waals surface area (Å²) in [4.78, 5) is 43.6. The molecule has 72 heavy (non-hydrogen) atoms. The second-order valence-electron chi connectivity index (χ2n) is 14.7. The van der Waals surface area contributed by atoms with E-state index in [1.54, 1.807) is 42.3 Å². The van der Waals surface area contributed by atoms with Crippen LogP contribution in [0.4, 0.5) is 0 Å². The molecule has 0 aliphatic rings. The monoisotopic (exact) mass is 1080 g/mol. The van der Waals surface area contributed by atoms with Gasteiger partial charge in [-0.05, 0) is 111 Å². The van der Waals surface area contributed by atoms with Crippen molar-refractivity contribution in [3.63, 3.8) is 0 Å². The van der Waals surface area contributed by atoms with Gasteiger partial charge in [-0.2, -0.15) is 9.78 Å². The first-order valence-electron chi connectivity index (χ1n) is 23.6. The van der Waals surface area contributed by atoms with Crippen LogP contribution in [-0.4, -0.2) is 93.2 Å². The maximum absolute atomic E-state index is 11.7. The van der Waals surface area contributed by atoms with Crippen LogP contribution in [0.1, 0.15) is 66.2 Å². The molecular formula is C52H72O16P4. The van der Waals surface area contributed by atoms with Crippen LogP contribution >= 0.6 is 33.5 Å². The molecule has 0 saturated carbocycles. The van der Waals surface area contributed by atoms with Crippen molar-refractivity contribution in [3.05, 3.63) is 122 Å². The van der Waals surface area contributed by atoms with E-state index >= 15 is 0 Å². The second-order valence-corrected chi connectivity index (χ2v) is 21.3. The van der Waals surface area contributed by atoms with Crippen molar-refractivity contribution in [1.29, 1.82) is 0 Å². The third kappa shape index (κ3) is 24.1. The Morgan fingerprint density at radius 1 is 0.389 bits per heavy atom.